The normalized spacial score (nSPS) is 15.7. The second-order valence-corrected chi connectivity index (χ2v) is 7.93. The summed E-state index contributed by atoms with van der Waals surface area (Å²) in [4.78, 5) is 26.9. The van der Waals surface area contributed by atoms with E-state index in [-0.39, 0.29) is 11.9 Å². The number of ether oxygens (including phenoxy) is 4. The molecule has 7 heteroatoms. The molecule has 1 heterocycles. The van der Waals surface area contributed by atoms with E-state index in [2.05, 4.69) is 0 Å². The summed E-state index contributed by atoms with van der Waals surface area (Å²) in [6, 6.07) is 11.1. The first-order valence-electron chi connectivity index (χ1n) is 10.1. The lowest BCUT2D eigenvalue weighted by atomic mass is 9.86. The average molecular weight is 427 g/mol. The molecule has 2 aromatic carbocycles. The highest BCUT2D eigenvalue weighted by Crippen LogP contribution is 2.42. The van der Waals surface area contributed by atoms with E-state index in [1.54, 1.807) is 40.1 Å². The molecule has 0 aliphatic carbocycles. The molecule has 0 aromatic heterocycles. The summed E-state index contributed by atoms with van der Waals surface area (Å²) in [6.45, 7) is 5.01. The highest BCUT2D eigenvalue weighted by Gasteiger charge is 2.41. The monoisotopic (exact) mass is 427 g/mol. The van der Waals surface area contributed by atoms with E-state index in [0.717, 1.165) is 22.4 Å². The van der Waals surface area contributed by atoms with Crippen LogP contribution in [0.15, 0.2) is 36.4 Å². The van der Waals surface area contributed by atoms with Gasteiger partial charge in [0, 0.05) is 13.5 Å². The predicted octanol–water partition coefficient (Wildman–Crippen LogP) is 3.53. The lowest BCUT2D eigenvalue weighted by molar-refractivity contribution is -0.169. The number of nitrogens with zero attached hydrogens (tertiary/aromatic N) is 1. The van der Waals surface area contributed by atoms with Crippen molar-refractivity contribution >= 4 is 11.9 Å². The van der Waals surface area contributed by atoms with Gasteiger partial charge in [0.05, 0.1) is 27.4 Å². The van der Waals surface area contributed by atoms with Crippen molar-refractivity contribution in [3.05, 3.63) is 53.1 Å². The van der Waals surface area contributed by atoms with Crippen LogP contribution in [0.5, 0.6) is 17.2 Å². The first kappa shape index (κ1) is 22.5. The number of carbonyl (C=O) groups excluding carboxylic acids is 2. The van der Waals surface area contributed by atoms with Crippen LogP contribution in [0.3, 0.4) is 0 Å². The number of rotatable bonds is 6. The molecular weight excluding hydrogens is 398 g/mol. The van der Waals surface area contributed by atoms with E-state index in [1.807, 2.05) is 36.4 Å². The SMILES string of the molecule is COc1ccc(C2c3cc(OC)c(OC)cc3CCN2C(=O)C(C)(C)OC(C)=O)cc1. The smallest absolute Gasteiger partial charge is 0.303 e. The second kappa shape index (κ2) is 8.88. The maximum Gasteiger partial charge on any atom is 0.303 e. The van der Waals surface area contributed by atoms with Crippen LogP contribution in [0.4, 0.5) is 0 Å². The molecule has 1 aliphatic heterocycles. The van der Waals surface area contributed by atoms with Crippen LogP contribution in [-0.4, -0.2) is 50.3 Å². The minimum Gasteiger partial charge on any atom is -0.497 e. The minimum atomic E-state index is -1.29. The van der Waals surface area contributed by atoms with Crippen molar-refractivity contribution in [2.75, 3.05) is 27.9 Å². The zero-order chi connectivity index (χ0) is 22.8. The number of hydrogen-bond acceptors (Lipinski definition) is 6. The maximum absolute atomic E-state index is 13.5. The molecule has 1 atom stereocenters. The van der Waals surface area contributed by atoms with Gasteiger partial charge in [-0.1, -0.05) is 12.1 Å². The molecule has 0 saturated carbocycles. The highest BCUT2D eigenvalue weighted by molar-refractivity contribution is 5.88. The molecule has 0 saturated heterocycles. The van der Waals surface area contributed by atoms with Gasteiger partial charge in [0.25, 0.3) is 5.91 Å². The minimum absolute atomic E-state index is 0.260. The van der Waals surface area contributed by atoms with Gasteiger partial charge in [-0.2, -0.15) is 0 Å². The molecule has 7 nitrogen and oxygen atoms in total. The number of fused-ring (bicyclic) bond motifs is 1. The Morgan fingerprint density at radius 2 is 1.58 bits per heavy atom. The quantitative estimate of drug-likeness (QED) is 0.657. The molecule has 0 bridgehead atoms. The number of benzene rings is 2. The van der Waals surface area contributed by atoms with Gasteiger partial charge < -0.3 is 23.8 Å². The molecular formula is C24H29NO6. The first-order valence-corrected chi connectivity index (χ1v) is 10.1. The summed E-state index contributed by atoms with van der Waals surface area (Å²) >= 11 is 0. The lowest BCUT2D eigenvalue weighted by Crippen LogP contribution is -2.51. The van der Waals surface area contributed by atoms with Crippen LogP contribution in [0, 0.1) is 0 Å². The Hall–Kier alpha value is -3.22. The Bertz CT molecular complexity index is 967. The number of methoxy groups -OCH3 is 3. The Balaban J connectivity index is 2.13. The number of carbonyl (C=O) groups is 2. The highest BCUT2D eigenvalue weighted by atomic mass is 16.6. The van der Waals surface area contributed by atoms with E-state index in [1.165, 1.54) is 6.92 Å². The van der Waals surface area contributed by atoms with Gasteiger partial charge in [-0.25, -0.2) is 0 Å². The lowest BCUT2D eigenvalue weighted by Gasteiger charge is -2.41. The molecule has 1 amide bonds. The molecule has 0 radical (unpaired) electrons. The van der Waals surface area contributed by atoms with E-state index >= 15 is 0 Å². The summed E-state index contributed by atoms with van der Waals surface area (Å²) in [5, 5.41) is 0. The molecule has 1 unspecified atom stereocenters. The largest absolute Gasteiger partial charge is 0.497 e. The summed E-state index contributed by atoms with van der Waals surface area (Å²) in [6.07, 6.45) is 0.643. The summed E-state index contributed by atoms with van der Waals surface area (Å²) in [5.74, 6) is 1.21. The Morgan fingerprint density at radius 1 is 0.968 bits per heavy atom. The molecule has 0 fully saturated rings. The van der Waals surface area contributed by atoms with Gasteiger partial charge in [0.15, 0.2) is 17.1 Å². The van der Waals surface area contributed by atoms with Crippen LogP contribution in [-0.2, 0) is 20.7 Å². The predicted molar refractivity (Wildman–Crippen MR) is 116 cm³/mol. The van der Waals surface area contributed by atoms with Gasteiger partial charge in [-0.15, -0.1) is 0 Å². The molecule has 2 aromatic rings. The average Bonchev–Trinajstić information content (AvgIpc) is 2.75. The van der Waals surface area contributed by atoms with Gasteiger partial charge in [-0.05, 0) is 61.2 Å². The van der Waals surface area contributed by atoms with Crippen molar-refractivity contribution in [1.29, 1.82) is 0 Å². The standard InChI is InChI=1S/C24H29NO6/c1-15(26)31-24(2,3)23(27)25-12-11-17-13-20(29-5)21(30-6)14-19(17)22(25)16-7-9-18(28-4)10-8-16/h7-10,13-14,22H,11-12H2,1-6H3. The van der Waals surface area contributed by atoms with Gasteiger partial charge in [0.2, 0.25) is 0 Å². The Kier molecular flexibility index (Phi) is 6.43. The third-order valence-electron chi connectivity index (χ3n) is 5.48. The van der Waals surface area contributed by atoms with Crippen molar-refractivity contribution in [1.82, 2.24) is 4.90 Å². The summed E-state index contributed by atoms with van der Waals surface area (Å²) in [5.41, 5.74) is 1.65. The summed E-state index contributed by atoms with van der Waals surface area (Å²) in [7, 11) is 4.80. The van der Waals surface area contributed by atoms with Crippen LogP contribution >= 0.6 is 0 Å². The van der Waals surface area contributed by atoms with E-state index in [0.29, 0.717) is 24.5 Å². The molecule has 0 N–H and O–H groups in total. The van der Waals surface area contributed by atoms with E-state index in [9.17, 15) is 9.59 Å². The van der Waals surface area contributed by atoms with Crippen molar-refractivity contribution in [2.24, 2.45) is 0 Å². The second-order valence-electron chi connectivity index (χ2n) is 7.93. The van der Waals surface area contributed by atoms with Crippen molar-refractivity contribution in [3.8, 4) is 17.2 Å². The molecule has 166 valence electrons. The van der Waals surface area contributed by atoms with Gasteiger partial charge in [-0.3, -0.25) is 9.59 Å². The zero-order valence-corrected chi connectivity index (χ0v) is 18.9. The van der Waals surface area contributed by atoms with Gasteiger partial charge >= 0.3 is 5.97 Å². The summed E-state index contributed by atoms with van der Waals surface area (Å²) < 4.78 is 21.6. The van der Waals surface area contributed by atoms with Crippen molar-refractivity contribution in [3.63, 3.8) is 0 Å². The third kappa shape index (κ3) is 4.45. The number of amides is 1. The number of hydrogen-bond donors (Lipinski definition) is 0. The fourth-order valence-electron chi connectivity index (χ4n) is 4.06. The van der Waals surface area contributed by atoms with Crippen LogP contribution in [0.1, 0.15) is 43.5 Å². The topological polar surface area (TPSA) is 74.3 Å². The maximum atomic E-state index is 13.5. The van der Waals surface area contributed by atoms with Crippen molar-refractivity contribution in [2.45, 2.75) is 38.8 Å². The molecule has 31 heavy (non-hydrogen) atoms. The first-order chi connectivity index (χ1) is 14.7. The Labute approximate surface area is 182 Å². The van der Waals surface area contributed by atoms with E-state index < -0.39 is 11.6 Å². The molecule has 0 spiro atoms. The number of esters is 1. The van der Waals surface area contributed by atoms with Crippen molar-refractivity contribution < 1.29 is 28.5 Å². The fraction of sp³-hybridized carbons (Fsp3) is 0.417. The fourth-order valence-corrected chi connectivity index (χ4v) is 4.06. The zero-order valence-electron chi connectivity index (χ0n) is 18.9. The molecule has 1 aliphatic rings. The molecule has 3 rings (SSSR count). The van der Waals surface area contributed by atoms with Gasteiger partial charge in [0.1, 0.15) is 5.75 Å². The Morgan fingerprint density at radius 3 is 2.13 bits per heavy atom. The van der Waals surface area contributed by atoms with Crippen LogP contribution in [0.2, 0.25) is 0 Å². The third-order valence-corrected chi connectivity index (χ3v) is 5.48. The van der Waals surface area contributed by atoms with Crippen LogP contribution < -0.4 is 14.2 Å². The van der Waals surface area contributed by atoms with E-state index in [4.69, 9.17) is 18.9 Å². The van der Waals surface area contributed by atoms with Crippen LogP contribution in [0.25, 0.3) is 0 Å².